The third-order valence-electron chi connectivity index (χ3n) is 5.87. The number of hydrogen-bond acceptors (Lipinski definition) is 4. The van der Waals surface area contributed by atoms with Crippen LogP contribution in [0.3, 0.4) is 0 Å². The maximum absolute atomic E-state index is 13.0. The second-order valence-corrected chi connectivity index (χ2v) is 9.78. The summed E-state index contributed by atoms with van der Waals surface area (Å²) in [4.78, 5) is 25.7. The Hall–Kier alpha value is -1.93. The number of benzene rings is 1. The van der Waals surface area contributed by atoms with E-state index in [1.165, 1.54) is 4.31 Å². The summed E-state index contributed by atoms with van der Waals surface area (Å²) >= 11 is 0. The highest BCUT2D eigenvalue weighted by molar-refractivity contribution is 7.89. The quantitative estimate of drug-likeness (QED) is 0.844. The fourth-order valence-electron chi connectivity index (χ4n) is 4.12. The first-order valence-corrected chi connectivity index (χ1v) is 10.9. The summed E-state index contributed by atoms with van der Waals surface area (Å²) in [6.45, 7) is 2.43. The van der Waals surface area contributed by atoms with Gasteiger partial charge in [0, 0.05) is 30.7 Å². The molecule has 0 unspecified atom stereocenters. The molecule has 2 heterocycles. The van der Waals surface area contributed by atoms with Gasteiger partial charge in [0.25, 0.3) is 0 Å². The van der Waals surface area contributed by atoms with Crippen LogP contribution >= 0.6 is 0 Å². The Balaban J connectivity index is 1.56. The van der Waals surface area contributed by atoms with Crippen LogP contribution in [0.1, 0.15) is 38.2 Å². The van der Waals surface area contributed by atoms with Crippen molar-refractivity contribution >= 4 is 27.6 Å². The zero-order valence-corrected chi connectivity index (χ0v) is 16.1. The van der Waals surface area contributed by atoms with Crippen molar-refractivity contribution in [1.29, 1.82) is 0 Å². The molecule has 1 N–H and O–H groups in total. The fourth-order valence-corrected chi connectivity index (χ4v) is 5.64. The molecular formula is C19H24N2O5S. The lowest BCUT2D eigenvalue weighted by Crippen LogP contribution is -2.40. The predicted octanol–water partition coefficient (Wildman–Crippen LogP) is 1.86. The molecule has 3 aliphatic rings. The van der Waals surface area contributed by atoms with Crippen molar-refractivity contribution in [3.8, 4) is 0 Å². The van der Waals surface area contributed by atoms with E-state index in [1.54, 1.807) is 18.2 Å². The van der Waals surface area contributed by atoms with Crippen molar-refractivity contribution in [3.63, 3.8) is 0 Å². The number of carboxylic acids is 1. The predicted molar refractivity (Wildman–Crippen MR) is 98.9 cm³/mol. The molecule has 2 aliphatic heterocycles. The Morgan fingerprint density at radius 2 is 1.74 bits per heavy atom. The van der Waals surface area contributed by atoms with Crippen molar-refractivity contribution in [1.82, 2.24) is 4.31 Å². The van der Waals surface area contributed by atoms with Crippen LogP contribution in [0.2, 0.25) is 0 Å². The van der Waals surface area contributed by atoms with Gasteiger partial charge in [0.1, 0.15) is 0 Å². The van der Waals surface area contributed by atoms with E-state index in [4.69, 9.17) is 5.11 Å². The number of anilines is 1. The van der Waals surface area contributed by atoms with E-state index in [1.807, 2.05) is 11.8 Å². The van der Waals surface area contributed by atoms with Gasteiger partial charge in [-0.3, -0.25) is 9.59 Å². The molecule has 1 saturated heterocycles. The molecule has 2 fully saturated rings. The summed E-state index contributed by atoms with van der Waals surface area (Å²) < 4.78 is 27.3. The normalized spacial score (nSPS) is 24.0. The molecule has 0 aromatic heterocycles. The lowest BCUT2D eigenvalue weighted by Gasteiger charge is -2.29. The van der Waals surface area contributed by atoms with Crippen LogP contribution in [0, 0.1) is 11.8 Å². The SMILES string of the molecule is C[C@@H]1Cc2cc(S(=O)(=O)N3CCC(C(=O)O)CC3)ccc2N1C(=O)C1CC1. The molecule has 146 valence electrons. The van der Waals surface area contributed by atoms with Gasteiger partial charge in [-0.05, 0) is 62.8 Å². The maximum Gasteiger partial charge on any atom is 0.306 e. The van der Waals surface area contributed by atoms with E-state index < -0.39 is 21.9 Å². The van der Waals surface area contributed by atoms with Gasteiger partial charge in [0.15, 0.2) is 0 Å². The smallest absolute Gasteiger partial charge is 0.306 e. The third-order valence-corrected chi connectivity index (χ3v) is 7.77. The monoisotopic (exact) mass is 392 g/mol. The first kappa shape index (κ1) is 18.4. The van der Waals surface area contributed by atoms with E-state index >= 15 is 0 Å². The highest BCUT2D eigenvalue weighted by Gasteiger charge is 2.40. The molecule has 1 amide bonds. The van der Waals surface area contributed by atoms with Crippen molar-refractivity contribution in [2.75, 3.05) is 18.0 Å². The molecule has 1 aliphatic carbocycles. The van der Waals surface area contributed by atoms with Gasteiger partial charge in [-0.25, -0.2) is 8.42 Å². The van der Waals surface area contributed by atoms with Crippen LogP contribution in [0.15, 0.2) is 23.1 Å². The zero-order valence-electron chi connectivity index (χ0n) is 15.3. The maximum atomic E-state index is 13.0. The van der Waals surface area contributed by atoms with E-state index in [2.05, 4.69) is 0 Å². The Bertz CT molecular complexity index is 885. The number of nitrogens with zero attached hydrogens (tertiary/aromatic N) is 2. The van der Waals surface area contributed by atoms with Gasteiger partial charge in [0.05, 0.1) is 10.8 Å². The molecule has 1 aromatic carbocycles. The molecular weight excluding hydrogens is 368 g/mol. The number of rotatable bonds is 4. The number of carbonyl (C=O) groups is 2. The minimum absolute atomic E-state index is 0.0392. The number of piperidine rings is 1. The number of carboxylic acid groups (broad SMARTS) is 1. The van der Waals surface area contributed by atoms with Crippen LogP contribution in [0.4, 0.5) is 5.69 Å². The molecule has 1 saturated carbocycles. The molecule has 0 spiro atoms. The summed E-state index contributed by atoms with van der Waals surface area (Å²) in [5.41, 5.74) is 1.71. The van der Waals surface area contributed by atoms with E-state index in [-0.39, 0.29) is 35.9 Å². The highest BCUT2D eigenvalue weighted by Crippen LogP contribution is 2.40. The van der Waals surface area contributed by atoms with E-state index in [0.29, 0.717) is 19.3 Å². The Kier molecular flexibility index (Phi) is 4.50. The fraction of sp³-hybridized carbons (Fsp3) is 0.579. The second kappa shape index (κ2) is 6.60. The topological polar surface area (TPSA) is 95.0 Å². The van der Waals surface area contributed by atoms with Crippen LogP contribution in [0.5, 0.6) is 0 Å². The number of sulfonamides is 1. The number of aliphatic carboxylic acids is 1. The van der Waals surface area contributed by atoms with Gasteiger partial charge in [-0.1, -0.05) is 0 Å². The summed E-state index contributed by atoms with van der Waals surface area (Å²) in [5.74, 6) is -1.07. The number of amides is 1. The van der Waals surface area contributed by atoms with Crippen LogP contribution in [0.25, 0.3) is 0 Å². The zero-order chi connectivity index (χ0) is 19.3. The number of carbonyl (C=O) groups excluding carboxylic acids is 1. The summed E-state index contributed by atoms with van der Waals surface area (Å²) in [7, 11) is -3.65. The van der Waals surface area contributed by atoms with Gasteiger partial charge >= 0.3 is 5.97 Å². The van der Waals surface area contributed by atoms with Gasteiger partial charge < -0.3 is 10.0 Å². The summed E-state index contributed by atoms with van der Waals surface area (Å²) in [5, 5.41) is 9.09. The average Bonchev–Trinajstić information content (AvgIpc) is 3.43. The first-order chi connectivity index (χ1) is 12.8. The Morgan fingerprint density at radius 3 is 2.33 bits per heavy atom. The summed E-state index contributed by atoms with van der Waals surface area (Å²) in [6.07, 6.45) is 3.20. The molecule has 1 aromatic rings. The Morgan fingerprint density at radius 1 is 1.07 bits per heavy atom. The average molecular weight is 392 g/mol. The number of hydrogen-bond donors (Lipinski definition) is 1. The van der Waals surface area contributed by atoms with Crippen molar-refractivity contribution in [2.45, 2.75) is 50.0 Å². The molecule has 7 nitrogen and oxygen atoms in total. The molecule has 4 rings (SSSR count). The first-order valence-electron chi connectivity index (χ1n) is 9.48. The standard InChI is InChI=1S/C19H24N2O5S/c1-12-10-15-11-16(4-5-17(15)21(12)18(22)13-2-3-13)27(25,26)20-8-6-14(7-9-20)19(23)24/h4-5,11-14H,2-3,6-10H2,1H3,(H,23,24)/t12-/m1/s1. The minimum Gasteiger partial charge on any atom is -0.481 e. The summed E-state index contributed by atoms with van der Waals surface area (Å²) in [6, 6.07) is 5.04. The second-order valence-electron chi connectivity index (χ2n) is 7.84. The Labute approximate surface area is 159 Å². The molecule has 8 heteroatoms. The molecule has 0 radical (unpaired) electrons. The lowest BCUT2D eigenvalue weighted by atomic mass is 9.99. The highest BCUT2D eigenvalue weighted by atomic mass is 32.2. The number of fused-ring (bicyclic) bond motifs is 1. The van der Waals surface area contributed by atoms with Gasteiger partial charge in [0.2, 0.25) is 15.9 Å². The van der Waals surface area contributed by atoms with Crippen LogP contribution in [-0.4, -0.2) is 48.8 Å². The molecule has 0 bridgehead atoms. The van der Waals surface area contributed by atoms with E-state index in [9.17, 15) is 18.0 Å². The van der Waals surface area contributed by atoms with Crippen molar-refractivity contribution in [3.05, 3.63) is 23.8 Å². The lowest BCUT2D eigenvalue weighted by molar-refractivity contribution is -0.143. The van der Waals surface area contributed by atoms with E-state index in [0.717, 1.165) is 24.1 Å². The van der Waals surface area contributed by atoms with Gasteiger partial charge in [-0.15, -0.1) is 0 Å². The minimum atomic E-state index is -3.65. The van der Waals surface area contributed by atoms with Crippen molar-refractivity contribution in [2.24, 2.45) is 11.8 Å². The van der Waals surface area contributed by atoms with Crippen molar-refractivity contribution < 1.29 is 23.1 Å². The van der Waals surface area contributed by atoms with Crippen LogP contribution in [-0.2, 0) is 26.0 Å². The molecule has 27 heavy (non-hydrogen) atoms. The third kappa shape index (κ3) is 3.25. The van der Waals surface area contributed by atoms with Gasteiger partial charge in [-0.2, -0.15) is 4.31 Å². The largest absolute Gasteiger partial charge is 0.481 e. The van der Waals surface area contributed by atoms with Crippen LogP contribution < -0.4 is 4.90 Å². The molecule has 1 atom stereocenters.